The van der Waals surface area contributed by atoms with Crippen molar-refractivity contribution >= 4 is 43.9 Å². The minimum atomic E-state index is -3.81. The van der Waals surface area contributed by atoms with Gasteiger partial charge in [0.15, 0.2) is 0 Å². The Morgan fingerprint density at radius 1 is 1.13 bits per heavy atom. The van der Waals surface area contributed by atoms with Crippen LogP contribution in [0.3, 0.4) is 0 Å². The maximum atomic E-state index is 13.6. The molecule has 2 aromatic carbocycles. The zero-order chi connectivity index (χ0) is 21.7. The Kier molecular flexibility index (Phi) is 5.70. The number of aromatic nitrogens is 1. The summed E-state index contributed by atoms with van der Waals surface area (Å²) in [5, 5.41) is 1.37. The Bertz CT molecular complexity index is 1180. The minimum Gasteiger partial charge on any atom is -0.598 e. The van der Waals surface area contributed by atoms with Crippen LogP contribution in [0.4, 0.5) is 0 Å². The van der Waals surface area contributed by atoms with Gasteiger partial charge in [0.2, 0.25) is 0 Å². The van der Waals surface area contributed by atoms with Gasteiger partial charge in [0.25, 0.3) is 10.0 Å². The Morgan fingerprint density at radius 3 is 2.47 bits per heavy atom. The molecule has 0 radical (unpaired) electrons. The molecule has 0 saturated heterocycles. The third kappa shape index (κ3) is 3.78. The number of fused-ring (bicyclic) bond motifs is 3. The van der Waals surface area contributed by atoms with Crippen LogP contribution in [0.1, 0.15) is 50.9 Å². The van der Waals surface area contributed by atoms with Gasteiger partial charge in [0.1, 0.15) is 4.75 Å². The van der Waals surface area contributed by atoms with Gasteiger partial charge < -0.3 is 4.55 Å². The van der Waals surface area contributed by atoms with Crippen LogP contribution in [0.15, 0.2) is 53.4 Å². The van der Waals surface area contributed by atoms with Crippen molar-refractivity contribution in [1.29, 1.82) is 0 Å². The average molecular weight is 465 g/mol. The highest BCUT2D eigenvalue weighted by Gasteiger charge is 2.36. The maximum Gasteiger partial charge on any atom is 0.268 e. The normalized spacial score (nSPS) is 18.4. The number of hydrogen-bond donors (Lipinski definition) is 1. The first kappa shape index (κ1) is 21.7. The number of halogens is 1. The third-order valence-electron chi connectivity index (χ3n) is 5.38. The topological polar surface area (TPSA) is 74.2 Å². The van der Waals surface area contributed by atoms with Gasteiger partial charge in [-0.05, 0) is 70.4 Å². The molecule has 2 atom stereocenters. The van der Waals surface area contributed by atoms with Crippen LogP contribution in [0.2, 0.25) is 5.02 Å². The molecule has 4 rings (SSSR count). The van der Waals surface area contributed by atoms with Gasteiger partial charge in [-0.1, -0.05) is 29.8 Å². The fraction of sp³-hybridized carbons (Fsp3) is 0.364. The first-order valence-electron chi connectivity index (χ1n) is 9.92. The number of benzene rings is 2. The van der Waals surface area contributed by atoms with E-state index < -0.39 is 26.1 Å². The predicted octanol–water partition coefficient (Wildman–Crippen LogP) is 4.96. The number of para-hydroxylation sites is 1. The van der Waals surface area contributed by atoms with E-state index in [2.05, 4.69) is 4.72 Å². The summed E-state index contributed by atoms with van der Waals surface area (Å²) >= 11 is 4.70. The molecular formula is C22H25ClN2O3S2. The van der Waals surface area contributed by atoms with E-state index >= 15 is 0 Å². The molecule has 1 heterocycles. The first-order valence-corrected chi connectivity index (χ1v) is 12.9. The van der Waals surface area contributed by atoms with Crippen LogP contribution >= 0.6 is 11.6 Å². The fourth-order valence-corrected chi connectivity index (χ4v) is 6.50. The van der Waals surface area contributed by atoms with Gasteiger partial charge >= 0.3 is 0 Å². The number of nitrogens with zero attached hydrogens (tertiary/aromatic N) is 1. The molecule has 1 N–H and O–H groups in total. The summed E-state index contributed by atoms with van der Waals surface area (Å²) in [6, 6.07) is 13.6. The maximum absolute atomic E-state index is 13.6. The molecule has 1 aromatic heterocycles. The van der Waals surface area contributed by atoms with Crippen LogP contribution in [0, 0.1) is 0 Å². The standard InChI is InChI=1S/C22H25ClN2O3S2/c1-22(2,3)29(26)24-18-8-6-10-20-21(18)17-7-4-5-9-19(17)25(20)30(27,28)16-13-11-15(23)12-14-16/h4-5,7,9,11-14,18,24H,6,8,10H2,1-3H3/t18-,29?/m1/s1. The Labute approximate surface area is 185 Å². The van der Waals surface area contributed by atoms with Crippen molar-refractivity contribution in [1.82, 2.24) is 8.69 Å². The molecule has 30 heavy (non-hydrogen) atoms. The van der Waals surface area contributed by atoms with E-state index in [1.54, 1.807) is 12.1 Å². The smallest absolute Gasteiger partial charge is 0.268 e. The molecule has 1 unspecified atom stereocenters. The fourth-order valence-electron chi connectivity index (χ4n) is 3.94. The zero-order valence-electron chi connectivity index (χ0n) is 17.2. The molecule has 0 spiro atoms. The van der Waals surface area contributed by atoms with Crippen molar-refractivity contribution in [3.63, 3.8) is 0 Å². The molecule has 0 fully saturated rings. The second kappa shape index (κ2) is 7.88. The van der Waals surface area contributed by atoms with Gasteiger partial charge in [-0.15, -0.1) is 4.72 Å². The largest absolute Gasteiger partial charge is 0.598 e. The van der Waals surface area contributed by atoms with E-state index in [-0.39, 0.29) is 10.9 Å². The number of rotatable bonds is 4. The van der Waals surface area contributed by atoms with Crippen molar-refractivity contribution in [2.24, 2.45) is 0 Å². The zero-order valence-corrected chi connectivity index (χ0v) is 19.6. The van der Waals surface area contributed by atoms with Crippen LogP contribution in [0.5, 0.6) is 0 Å². The Morgan fingerprint density at radius 2 is 1.80 bits per heavy atom. The van der Waals surface area contributed by atoms with Gasteiger partial charge in [0.05, 0.1) is 16.5 Å². The molecule has 0 saturated carbocycles. The number of nitrogens with one attached hydrogen (secondary N) is 1. The molecule has 3 aromatic rings. The molecule has 0 aliphatic heterocycles. The summed E-state index contributed by atoms with van der Waals surface area (Å²) in [4.78, 5) is 0.198. The minimum absolute atomic E-state index is 0.166. The second-order valence-electron chi connectivity index (χ2n) is 8.54. The highest BCUT2D eigenvalue weighted by Crippen LogP contribution is 2.40. The van der Waals surface area contributed by atoms with Gasteiger partial charge in [0, 0.05) is 33.0 Å². The molecule has 1 aliphatic rings. The first-order chi connectivity index (χ1) is 14.1. The quantitative estimate of drug-likeness (QED) is 0.553. The van der Waals surface area contributed by atoms with Crippen molar-refractivity contribution in [2.45, 2.75) is 55.7 Å². The van der Waals surface area contributed by atoms with Crippen LogP contribution < -0.4 is 4.72 Å². The lowest BCUT2D eigenvalue weighted by atomic mass is 9.91. The van der Waals surface area contributed by atoms with Crippen molar-refractivity contribution in [3.05, 3.63) is 64.8 Å². The van der Waals surface area contributed by atoms with Crippen molar-refractivity contribution in [3.8, 4) is 0 Å². The SMILES string of the molecule is CC(C)(C)[S+]([O-])N[C@@H]1CCCc2c1c1ccccc1n2S(=O)(=O)c1ccc(Cl)cc1. The lowest BCUT2D eigenvalue weighted by Crippen LogP contribution is -2.42. The van der Waals surface area contributed by atoms with Gasteiger partial charge in [-0.25, -0.2) is 12.4 Å². The van der Waals surface area contributed by atoms with Crippen LogP contribution in [0.25, 0.3) is 10.9 Å². The van der Waals surface area contributed by atoms with E-state index in [0.29, 0.717) is 17.0 Å². The molecule has 1 aliphatic carbocycles. The summed E-state index contributed by atoms with van der Waals surface area (Å²) in [6.45, 7) is 5.77. The molecular weight excluding hydrogens is 440 g/mol. The van der Waals surface area contributed by atoms with Gasteiger partial charge in [-0.2, -0.15) is 0 Å². The molecule has 160 valence electrons. The van der Waals surface area contributed by atoms with E-state index in [4.69, 9.17) is 11.6 Å². The molecule has 8 heteroatoms. The van der Waals surface area contributed by atoms with E-state index in [9.17, 15) is 13.0 Å². The lowest BCUT2D eigenvalue weighted by molar-refractivity contribution is 0.488. The van der Waals surface area contributed by atoms with E-state index in [1.165, 1.54) is 16.1 Å². The third-order valence-corrected chi connectivity index (χ3v) is 9.01. The average Bonchev–Trinajstić information content (AvgIpc) is 3.03. The van der Waals surface area contributed by atoms with Gasteiger partial charge in [-0.3, -0.25) is 0 Å². The summed E-state index contributed by atoms with van der Waals surface area (Å²) < 4.78 is 44.4. The molecule has 0 bridgehead atoms. The highest BCUT2D eigenvalue weighted by molar-refractivity contribution is 7.91. The predicted molar refractivity (Wildman–Crippen MR) is 123 cm³/mol. The Balaban J connectivity index is 1.91. The summed E-state index contributed by atoms with van der Waals surface area (Å²) in [5.74, 6) is 0. The van der Waals surface area contributed by atoms with Crippen LogP contribution in [-0.4, -0.2) is 21.7 Å². The lowest BCUT2D eigenvalue weighted by Gasteiger charge is -2.30. The Hall–Kier alpha value is -1.51. The number of hydrogen-bond acceptors (Lipinski definition) is 4. The summed E-state index contributed by atoms with van der Waals surface area (Å²) in [7, 11) is -3.81. The van der Waals surface area contributed by atoms with Crippen molar-refractivity contribution in [2.75, 3.05) is 0 Å². The summed E-state index contributed by atoms with van der Waals surface area (Å²) in [6.07, 6.45) is 2.28. The molecule has 5 nitrogen and oxygen atoms in total. The van der Waals surface area contributed by atoms with Crippen LogP contribution in [-0.2, 0) is 27.8 Å². The monoisotopic (exact) mass is 464 g/mol. The van der Waals surface area contributed by atoms with E-state index in [0.717, 1.165) is 29.5 Å². The van der Waals surface area contributed by atoms with E-state index in [1.807, 2.05) is 45.0 Å². The molecule has 0 amide bonds. The second-order valence-corrected chi connectivity index (χ2v) is 12.8. The summed E-state index contributed by atoms with van der Waals surface area (Å²) in [5.41, 5.74) is 2.35. The highest BCUT2D eigenvalue weighted by atomic mass is 35.5. The van der Waals surface area contributed by atoms with Crippen molar-refractivity contribution < 1.29 is 13.0 Å².